The minimum atomic E-state index is 0.296. The zero-order valence-electron chi connectivity index (χ0n) is 13.6. The normalized spacial score (nSPS) is 46.0. The fourth-order valence-corrected chi connectivity index (χ4v) is 7.68. The Kier molecular flexibility index (Phi) is 2.92. The van der Waals surface area contributed by atoms with E-state index >= 15 is 0 Å². The topological polar surface area (TPSA) is 38.9 Å². The van der Waals surface area contributed by atoms with Crippen molar-refractivity contribution in [1.82, 2.24) is 4.98 Å². The van der Waals surface area contributed by atoms with E-state index in [0.717, 1.165) is 18.0 Å². The number of nitrogens with zero attached hydrogens (tertiary/aromatic N) is 1. The van der Waals surface area contributed by atoms with Crippen LogP contribution in [0, 0.1) is 29.1 Å². The summed E-state index contributed by atoms with van der Waals surface area (Å²) in [6.07, 6.45) is 9.42. The summed E-state index contributed by atoms with van der Waals surface area (Å²) in [6.45, 7) is 7.15. The summed E-state index contributed by atoms with van der Waals surface area (Å²) in [7, 11) is 0. The second-order valence-electron chi connectivity index (χ2n) is 9.19. The summed E-state index contributed by atoms with van der Waals surface area (Å²) in [6, 6.07) is 0.296. The average molecular weight is 305 g/mol. The van der Waals surface area contributed by atoms with Crippen LogP contribution in [0.3, 0.4) is 0 Å². The first kappa shape index (κ1) is 14.2. The molecule has 3 heteroatoms. The van der Waals surface area contributed by atoms with Gasteiger partial charge in [0.05, 0.1) is 5.01 Å². The molecule has 1 aromatic rings. The highest BCUT2D eigenvalue weighted by Gasteiger charge is 2.61. The van der Waals surface area contributed by atoms with Crippen LogP contribution in [-0.4, -0.2) is 11.0 Å². The van der Waals surface area contributed by atoms with E-state index in [4.69, 9.17) is 5.73 Å². The van der Waals surface area contributed by atoms with Gasteiger partial charge in [0.15, 0.2) is 0 Å². The van der Waals surface area contributed by atoms with Crippen LogP contribution in [0.1, 0.15) is 63.1 Å². The van der Waals surface area contributed by atoms with Crippen molar-refractivity contribution in [2.45, 2.75) is 71.8 Å². The molecule has 1 aromatic heterocycles. The second kappa shape index (κ2) is 4.32. The Bertz CT molecular complexity index is 545. The first-order chi connectivity index (χ1) is 9.80. The van der Waals surface area contributed by atoms with E-state index in [1.54, 1.807) is 11.3 Å². The molecule has 3 unspecified atom stereocenters. The van der Waals surface area contributed by atoms with E-state index in [1.165, 1.54) is 43.5 Å². The van der Waals surface area contributed by atoms with Crippen molar-refractivity contribution in [2.75, 3.05) is 0 Å². The minimum absolute atomic E-state index is 0.296. The molecular weight excluding hydrogens is 276 g/mol. The van der Waals surface area contributed by atoms with Crippen LogP contribution in [-0.2, 0) is 6.42 Å². The summed E-state index contributed by atoms with van der Waals surface area (Å²) in [4.78, 5) is 4.65. The summed E-state index contributed by atoms with van der Waals surface area (Å²) in [5, 5.41) is 3.40. The van der Waals surface area contributed by atoms with Crippen LogP contribution in [0.15, 0.2) is 5.38 Å². The molecule has 5 rings (SSSR count). The summed E-state index contributed by atoms with van der Waals surface area (Å²) in [5.74, 6) is 0.931. The number of thiazole rings is 1. The third-order valence-corrected chi connectivity index (χ3v) is 7.51. The highest BCUT2D eigenvalue weighted by Crippen LogP contribution is 2.70. The van der Waals surface area contributed by atoms with Crippen molar-refractivity contribution in [2.24, 2.45) is 27.9 Å². The predicted molar refractivity (Wildman–Crippen MR) is 88.4 cm³/mol. The Morgan fingerprint density at radius 3 is 2.43 bits per heavy atom. The van der Waals surface area contributed by atoms with E-state index in [0.29, 0.717) is 22.3 Å². The third-order valence-electron chi connectivity index (χ3n) is 6.52. The molecule has 0 radical (unpaired) electrons. The van der Waals surface area contributed by atoms with Crippen molar-refractivity contribution in [3.63, 3.8) is 0 Å². The van der Waals surface area contributed by atoms with E-state index in [1.807, 2.05) is 0 Å². The Labute approximate surface area is 132 Å². The molecule has 0 amide bonds. The highest BCUT2D eigenvalue weighted by atomic mass is 32.1. The molecule has 4 saturated carbocycles. The lowest BCUT2D eigenvalue weighted by molar-refractivity contribution is -0.153. The van der Waals surface area contributed by atoms with Crippen LogP contribution < -0.4 is 5.73 Å². The standard InChI is InChI=1S/C18H28N2S/c1-12-8-21-15(20-12)4-14(19)18-7-13-5-16(2,10-18)9-17(3,6-13)11-18/h8,13-14H,4-7,9-11,19H2,1-3H3. The number of aromatic nitrogens is 1. The van der Waals surface area contributed by atoms with Crippen LogP contribution in [0.25, 0.3) is 0 Å². The Hall–Kier alpha value is -0.410. The van der Waals surface area contributed by atoms with E-state index in [2.05, 4.69) is 31.1 Å². The fraction of sp³-hybridized carbons (Fsp3) is 0.833. The molecule has 4 aliphatic rings. The molecule has 4 aliphatic carbocycles. The SMILES string of the molecule is Cc1csc(CC(N)C23CC4CC(C)(CC(C)(C4)C2)C3)n1. The molecule has 0 saturated heterocycles. The molecule has 2 N–H and O–H groups in total. The molecule has 0 aliphatic heterocycles. The average Bonchev–Trinajstić information content (AvgIpc) is 2.69. The maximum absolute atomic E-state index is 6.80. The Balaban J connectivity index is 1.61. The van der Waals surface area contributed by atoms with E-state index < -0.39 is 0 Å². The smallest absolute Gasteiger partial charge is 0.0943 e. The maximum Gasteiger partial charge on any atom is 0.0943 e. The molecule has 0 spiro atoms. The Morgan fingerprint density at radius 1 is 1.24 bits per heavy atom. The summed E-state index contributed by atoms with van der Waals surface area (Å²) >= 11 is 1.79. The van der Waals surface area contributed by atoms with Gasteiger partial charge in [-0.05, 0) is 67.6 Å². The number of hydrogen-bond donors (Lipinski definition) is 1. The van der Waals surface area contributed by atoms with Gasteiger partial charge in [-0.3, -0.25) is 0 Å². The van der Waals surface area contributed by atoms with Crippen molar-refractivity contribution in [3.8, 4) is 0 Å². The number of rotatable bonds is 3. The molecule has 21 heavy (non-hydrogen) atoms. The first-order valence-electron chi connectivity index (χ1n) is 8.47. The molecule has 0 aromatic carbocycles. The van der Waals surface area contributed by atoms with E-state index in [9.17, 15) is 0 Å². The van der Waals surface area contributed by atoms with Crippen LogP contribution in [0.4, 0.5) is 0 Å². The molecular formula is C18H28N2S. The lowest BCUT2D eigenvalue weighted by Crippen LogP contribution is -2.61. The van der Waals surface area contributed by atoms with Gasteiger partial charge in [0.25, 0.3) is 0 Å². The summed E-state index contributed by atoms with van der Waals surface area (Å²) in [5.41, 5.74) is 9.46. The monoisotopic (exact) mass is 304 g/mol. The Morgan fingerprint density at radius 2 is 1.90 bits per heavy atom. The molecule has 3 atom stereocenters. The van der Waals surface area contributed by atoms with Gasteiger partial charge in [0.1, 0.15) is 0 Å². The largest absolute Gasteiger partial charge is 0.327 e. The lowest BCUT2D eigenvalue weighted by atomic mass is 9.39. The van der Waals surface area contributed by atoms with Crippen LogP contribution in [0.5, 0.6) is 0 Å². The van der Waals surface area contributed by atoms with Gasteiger partial charge in [0.2, 0.25) is 0 Å². The van der Waals surface area contributed by atoms with Crippen molar-refractivity contribution < 1.29 is 0 Å². The number of nitrogens with two attached hydrogens (primary N) is 1. The quantitative estimate of drug-likeness (QED) is 0.903. The van der Waals surface area contributed by atoms with Gasteiger partial charge in [-0.2, -0.15) is 0 Å². The molecule has 4 bridgehead atoms. The molecule has 4 fully saturated rings. The van der Waals surface area contributed by atoms with Crippen molar-refractivity contribution in [1.29, 1.82) is 0 Å². The number of hydrogen-bond acceptors (Lipinski definition) is 3. The molecule has 2 nitrogen and oxygen atoms in total. The highest BCUT2D eigenvalue weighted by molar-refractivity contribution is 7.09. The lowest BCUT2D eigenvalue weighted by Gasteiger charge is -2.67. The maximum atomic E-state index is 6.80. The first-order valence-corrected chi connectivity index (χ1v) is 9.35. The van der Waals surface area contributed by atoms with Crippen molar-refractivity contribution >= 4 is 11.3 Å². The van der Waals surface area contributed by atoms with Crippen molar-refractivity contribution in [3.05, 3.63) is 16.1 Å². The molecule has 1 heterocycles. The van der Waals surface area contributed by atoms with Gasteiger partial charge in [0, 0.05) is 23.5 Å². The van der Waals surface area contributed by atoms with Gasteiger partial charge in [-0.25, -0.2) is 4.98 Å². The van der Waals surface area contributed by atoms with Gasteiger partial charge in [-0.15, -0.1) is 11.3 Å². The van der Waals surface area contributed by atoms with E-state index in [-0.39, 0.29) is 0 Å². The second-order valence-corrected chi connectivity index (χ2v) is 10.1. The van der Waals surface area contributed by atoms with Crippen LogP contribution >= 0.6 is 11.3 Å². The number of aryl methyl sites for hydroxylation is 1. The minimum Gasteiger partial charge on any atom is -0.327 e. The fourth-order valence-electron chi connectivity index (χ4n) is 6.85. The zero-order chi connectivity index (χ0) is 14.9. The van der Waals surface area contributed by atoms with Gasteiger partial charge in [-0.1, -0.05) is 13.8 Å². The third kappa shape index (κ3) is 2.28. The van der Waals surface area contributed by atoms with Gasteiger partial charge < -0.3 is 5.73 Å². The zero-order valence-corrected chi connectivity index (χ0v) is 14.4. The molecule has 116 valence electrons. The van der Waals surface area contributed by atoms with Crippen LogP contribution in [0.2, 0.25) is 0 Å². The summed E-state index contributed by atoms with van der Waals surface area (Å²) < 4.78 is 0. The van der Waals surface area contributed by atoms with Gasteiger partial charge >= 0.3 is 0 Å². The predicted octanol–water partition coefficient (Wildman–Crippen LogP) is 4.32.